The zero-order valence-corrected chi connectivity index (χ0v) is 18.7. The molecule has 1 unspecified atom stereocenters. The summed E-state index contributed by atoms with van der Waals surface area (Å²) in [6.45, 7) is 3.95. The SMILES string of the molecule is Cc1ccc(NC(=O)Cc2nnc(SC(C)C(=O)Nc3ccc4c(c3)OCO4)n2C)cc1. The van der Waals surface area contributed by atoms with Crippen molar-refractivity contribution < 1.29 is 19.1 Å². The van der Waals surface area contributed by atoms with E-state index in [0.29, 0.717) is 28.2 Å². The molecule has 0 saturated carbocycles. The van der Waals surface area contributed by atoms with E-state index in [9.17, 15) is 9.59 Å². The number of anilines is 2. The van der Waals surface area contributed by atoms with Gasteiger partial charge < -0.3 is 24.7 Å². The molecular weight excluding hydrogens is 430 g/mol. The fourth-order valence-corrected chi connectivity index (χ4v) is 3.85. The average Bonchev–Trinajstić information content (AvgIpc) is 3.37. The molecule has 0 bridgehead atoms. The lowest BCUT2D eigenvalue weighted by Crippen LogP contribution is -2.23. The number of carbonyl (C=O) groups is 2. The third-order valence-electron chi connectivity index (χ3n) is 4.87. The van der Waals surface area contributed by atoms with Crippen molar-refractivity contribution in [1.29, 1.82) is 0 Å². The Hall–Kier alpha value is -3.53. The van der Waals surface area contributed by atoms with Gasteiger partial charge in [-0.25, -0.2) is 0 Å². The van der Waals surface area contributed by atoms with E-state index in [4.69, 9.17) is 9.47 Å². The maximum Gasteiger partial charge on any atom is 0.237 e. The fraction of sp³-hybridized carbons (Fsp3) is 0.273. The second kappa shape index (κ2) is 9.31. The lowest BCUT2D eigenvalue weighted by atomic mass is 10.2. The van der Waals surface area contributed by atoms with Crippen LogP contribution in [0, 0.1) is 6.92 Å². The Morgan fingerprint density at radius 3 is 2.56 bits per heavy atom. The van der Waals surface area contributed by atoms with Gasteiger partial charge in [0.1, 0.15) is 5.82 Å². The summed E-state index contributed by atoms with van der Waals surface area (Å²) in [5, 5.41) is 14.1. The number of hydrogen-bond acceptors (Lipinski definition) is 7. The van der Waals surface area contributed by atoms with Crippen LogP contribution in [0.3, 0.4) is 0 Å². The lowest BCUT2D eigenvalue weighted by Gasteiger charge is -2.12. The van der Waals surface area contributed by atoms with Gasteiger partial charge in [0.2, 0.25) is 18.6 Å². The van der Waals surface area contributed by atoms with Crippen molar-refractivity contribution in [3.63, 3.8) is 0 Å². The van der Waals surface area contributed by atoms with Crippen molar-refractivity contribution in [2.24, 2.45) is 7.05 Å². The number of aromatic nitrogens is 3. The van der Waals surface area contributed by atoms with Crippen LogP contribution < -0.4 is 20.1 Å². The summed E-state index contributed by atoms with van der Waals surface area (Å²) in [6, 6.07) is 12.8. The minimum absolute atomic E-state index is 0.0791. The standard InChI is InChI=1S/C22H23N5O4S/c1-13-4-6-15(7-5-13)23-20(28)11-19-25-26-22(27(19)3)32-14(2)21(29)24-16-8-9-17-18(10-16)31-12-30-17/h4-10,14H,11-12H2,1-3H3,(H,23,28)(H,24,29). The van der Waals surface area contributed by atoms with Gasteiger partial charge in [-0.1, -0.05) is 29.5 Å². The molecule has 9 nitrogen and oxygen atoms in total. The van der Waals surface area contributed by atoms with Gasteiger partial charge in [-0.05, 0) is 38.1 Å². The highest BCUT2D eigenvalue weighted by Gasteiger charge is 2.21. The highest BCUT2D eigenvalue weighted by Crippen LogP contribution is 2.34. The summed E-state index contributed by atoms with van der Waals surface area (Å²) < 4.78 is 12.3. The normalized spacial score (nSPS) is 13.0. The summed E-state index contributed by atoms with van der Waals surface area (Å²) in [5.41, 5.74) is 2.47. The Kier molecular flexibility index (Phi) is 6.31. The monoisotopic (exact) mass is 453 g/mol. The van der Waals surface area contributed by atoms with Gasteiger partial charge in [-0.2, -0.15) is 0 Å². The van der Waals surface area contributed by atoms with Crippen LogP contribution in [0.2, 0.25) is 0 Å². The number of ether oxygens (including phenoxy) is 2. The lowest BCUT2D eigenvalue weighted by molar-refractivity contribution is -0.116. The van der Waals surface area contributed by atoms with E-state index >= 15 is 0 Å². The summed E-state index contributed by atoms with van der Waals surface area (Å²) in [5.74, 6) is 1.40. The molecule has 0 fully saturated rings. The van der Waals surface area contributed by atoms with Crippen LogP contribution in [0.25, 0.3) is 0 Å². The first kappa shape index (κ1) is 21.7. The van der Waals surface area contributed by atoms with Crippen molar-refractivity contribution in [2.75, 3.05) is 17.4 Å². The first-order valence-corrected chi connectivity index (χ1v) is 10.9. The van der Waals surface area contributed by atoms with E-state index in [0.717, 1.165) is 11.3 Å². The van der Waals surface area contributed by atoms with E-state index in [1.807, 2.05) is 31.2 Å². The molecule has 2 N–H and O–H groups in total. The molecule has 2 heterocycles. The molecule has 0 spiro atoms. The number of benzene rings is 2. The second-order valence-corrected chi connectivity index (χ2v) is 8.67. The van der Waals surface area contributed by atoms with Gasteiger partial charge in [0.25, 0.3) is 0 Å². The van der Waals surface area contributed by atoms with Crippen molar-refractivity contribution in [3.8, 4) is 11.5 Å². The topological polar surface area (TPSA) is 107 Å². The maximum absolute atomic E-state index is 12.6. The van der Waals surface area contributed by atoms with Crippen molar-refractivity contribution in [3.05, 3.63) is 53.9 Å². The zero-order chi connectivity index (χ0) is 22.7. The van der Waals surface area contributed by atoms with Crippen molar-refractivity contribution >= 4 is 35.0 Å². The second-order valence-electron chi connectivity index (χ2n) is 7.37. The van der Waals surface area contributed by atoms with Gasteiger partial charge in [-0.15, -0.1) is 10.2 Å². The summed E-state index contributed by atoms with van der Waals surface area (Å²) in [6.07, 6.45) is 0.0791. The molecule has 4 rings (SSSR count). The van der Waals surface area contributed by atoms with Crippen molar-refractivity contribution in [2.45, 2.75) is 30.7 Å². The van der Waals surface area contributed by atoms with Crippen LogP contribution in [0.1, 0.15) is 18.3 Å². The van der Waals surface area contributed by atoms with Crippen LogP contribution in [0.5, 0.6) is 11.5 Å². The maximum atomic E-state index is 12.6. The third-order valence-corrected chi connectivity index (χ3v) is 6.00. The predicted octanol–water partition coefficient (Wildman–Crippen LogP) is 3.15. The Bertz CT molecular complexity index is 1150. The van der Waals surface area contributed by atoms with Crippen molar-refractivity contribution in [1.82, 2.24) is 14.8 Å². The molecule has 1 aliphatic rings. The number of nitrogens with zero attached hydrogens (tertiary/aromatic N) is 3. The number of thioether (sulfide) groups is 1. The van der Waals surface area contributed by atoms with Crippen LogP contribution in [0.4, 0.5) is 11.4 Å². The van der Waals surface area contributed by atoms with E-state index in [1.165, 1.54) is 11.8 Å². The van der Waals surface area contributed by atoms with E-state index in [-0.39, 0.29) is 25.0 Å². The number of nitrogens with one attached hydrogen (secondary N) is 2. The minimum atomic E-state index is -0.433. The summed E-state index contributed by atoms with van der Waals surface area (Å²) in [7, 11) is 1.78. The van der Waals surface area contributed by atoms with Gasteiger partial charge in [0.15, 0.2) is 16.7 Å². The van der Waals surface area contributed by atoms with Crippen LogP contribution >= 0.6 is 11.8 Å². The van der Waals surface area contributed by atoms with Gasteiger partial charge in [-0.3, -0.25) is 9.59 Å². The predicted molar refractivity (Wildman–Crippen MR) is 121 cm³/mol. The largest absolute Gasteiger partial charge is 0.454 e. The Morgan fingerprint density at radius 2 is 1.78 bits per heavy atom. The summed E-state index contributed by atoms with van der Waals surface area (Å²) >= 11 is 1.27. The third kappa shape index (κ3) is 5.02. The number of aryl methyl sites for hydroxylation is 1. The Labute approximate surface area is 189 Å². The zero-order valence-electron chi connectivity index (χ0n) is 17.9. The molecule has 3 aromatic rings. The molecule has 0 aliphatic carbocycles. The first-order valence-electron chi connectivity index (χ1n) is 10.0. The highest BCUT2D eigenvalue weighted by molar-refractivity contribution is 8.00. The molecule has 1 aliphatic heterocycles. The molecule has 32 heavy (non-hydrogen) atoms. The van der Waals surface area contributed by atoms with Crippen LogP contribution in [-0.2, 0) is 23.1 Å². The molecule has 10 heteroatoms. The molecule has 166 valence electrons. The molecule has 2 amide bonds. The fourth-order valence-electron chi connectivity index (χ4n) is 3.02. The van der Waals surface area contributed by atoms with Gasteiger partial charge in [0.05, 0.1) is 11.7 Å². The van der Waals surface area contributed by atoms with E-state index in [1.54, 1.807) is 36.7 Å². The molecule has 0 saturated heterocycles. The number of fused-ring (bicyclic) bond motifs is 1. The number of amides is 2. The van der Waals surface area contributed by atoms with Gasteiger partial charge >= 0.3 is 0 Å². The molecule has 2 aromatic carbocycles. The van der Waals surface area contributed by atoms with Gasteiger partial charge in [0, 0.05) is 24.5 Å². The quantitative estimate of drug-likeness (QED) is 0.529. The minimum Gasteiger partial charge on any atom is -0.454 e. The molecular formula is C22H23N5O4S. The summed E-state index contributed by atoms with van der Waals surface area (Å²) in [4.78, 5) is 25.0. The number of rotatable bonds is 7. The number of hydrogen-bond donors (Lipinski definition) is 2. The smallest absolute Gasteiger partial charge is 0.237 e. The highest BCUT2D eigenvalue weighted by atomic mass is 32.2. The average molecular weight is 454 g/mol. The van der Waals surface area contributed by atoms with E-state index in [2.05, 4.69) is 20.8 Å². The molecule has 1 atom stereocenters. The molecule has 1 aromatic heterocycles. The Morgan fingerprint density at radius 1 is 1.06 bits per heavy atom. The molecule has 0 radical (unpaired) electrons. The van der Waals surface area contributed by atoms with Crippen LogP contribution in [-0.4, -0.2) is 38.6 Å². The first-order chi connectivity index (χ1) is 15.4. The Balaban J connectivity index is 1.33. The van der Waals surface area contributed by atoms with Crippen LogP contribution in [0.15, 0.2) is 47.6 Å². The van der Waals surface area contributed by atoms with E-state index < -0.39 is 5.25 Å². The number of carbonyl (C=O) groups excluding carboxylic acids is 2.